The second-order valence-corrected chi connectivity index (χ2v) is 11.4. The van der Waals surface area contributed by atoms with Gasteiger partial charge in [-0.15, -0.1) is 0 Å². The first-order chi connectivity index (χ1) is 17.8. The first-order valence-electron chi connectivity index (χ1n) is 11.8. The van der Waals surface area contributed by atoms with E-state index in [1.54, 1.807) is 44.5 Å². The Hall–Kier alpha value is -3.21. The van der Waals surface area contributed by atoms with Gasteiger partial charge in [0.15, 0.2) is 5.54 Å². The largest absolute Gasteiger partial charge is 0.497 e. The monoisotopic (exact) mass is 537 g/mol. The minimum atomic E-state index is -1.48. The van der Waals surface area contributed by atoms with Crippen LogP contribution in [0.5, 0.6) is 5.75 Å². The van der Waals surface area contributed by atoms with Crippen molar-refractivity contribution in [1.29, 1.82) is 0 Å². The molecule has 3 aliphatic rings. The maximum atomic E-state index is 14.7. The molecule has 3 aliphatic heterocycles. The fourth-order valence-electron chi connectivity index (χ4n) is 6.16. The minimum Gasteiger partial charge on any atom is -0.497 e. The molecule has 0 N–H and O–H groups in total. The second-order valence-electron chi connectivity index (χ2n) is 9.53. The zero-order valence-electron chi connectivity index (χ0n) is 20.4. The summed E-state index contributed by atoms with van der Waals surface area (Å²) < 4.78 is 24.8. The van der Waals surface area contributed by atoms with Gasteiger partial charge in [-0.1, -0.05) is 36.1 Å². The summed E-state index contributed by atoms with van der Waals surface area (Å²) in [5.74, 6) is -0.270. The number of benzene rings is 2. The molecule has 3 aromatic rings. The number of ether oxygens (including phenoxy) is 1. The molecule has 190 valence electrons. The highest BCUT2D eigenvalue weighted by Crippen LogP contribution is 2.66. The first kappa shape index (κ1) is 24.1. The Morgan fingerprint density at radius 2 is 1.89 bits per heavy atom. The zero-order valence-corrected chi connectivity index (χ0v) is 22.1. The highest BCUT2D eigenvalue weighted by molar-refractivity contribution is 8.25. The Labute approximate surface area is 223 Å². The summed E-state index contributed by atoms with van der Waals surface area (Å²) >= 11 is 7.01. The van der Waals surface area contributed by atoms with E-state index in [2.05, 4.69) is 0 Å². The molecule has 2 spiro atoms. The summed E-state index contributed by atoms with van der Waals surface area (Å²) in [6, 6.07) is 15.3. The molecule has 0 unspecified atom stereocenters. The Kier molecular flexibility index (Phi) is 5.48. The van der Waals surface area contributed by atoms with E-state index in [9.17, 15) is 14.0 Å². The lowest BCUT2D eigenvalue weighted by Gasteiger charge is -2.41. The van der Waals surface area contributed by atoms with Gasteiger partial charge >= 0.3 is 0 Å². The number of carbonyl (C=O) groups is 2. The number of methoxy groups -OCH3 is 1. The Morgan fingerprint density at radius 1 is 1.14 bits per heavy atom. The summed E-state index contributed by atoms with van der Waals surface area (Å²) in [6.07, 6.45) is 1.56. The van der Waals surface area contributed by atoms with Crippen molar-refractivity contribution in [2.75, 3.05) is 32.6 Å². The smallest absolute Gasteiger partial charge is 0.254 e. The van der Waals surface area contributed by atoms with Gasteiger partial charge < -0.3 is 14.1 Å². The van der Waals surface area contributed by atoms with E-state index in [4.69, 9.17) is 21.4 Å². The molecule has 0 bridgehead atoms. The molecule has 37 heavy (non-hydrogen) atoms. The van der Waals surface area contributed by atoms with Crippen LogP contribution in [0.4, 0.5) is 10.1 Å². The molecule has 2 fully saturated rings. The van der Waals surface area contributed by atoms with E-state index < -0.39 is 22.0 Å². The standard InChI is InChI=1S/C27H24FN3O4S2/c1-29-15-20(22-5-4-12-35-22)27(26(29)19-13-17(28)8-11-21(19)30(2)23(26)32)24(33)31(25(36)37-27)14-16-6-9-18(34-3)10-7-16/h4-13,20H,14-15H2,1-3H3/t20-,26-,27-/m1/s1. The fraction of sp³-hybridized carbons (Fsp3) is 0.296. The maximum Gasteiger partial charge on any atom is 0.254 e. The minimum absolute atomic E-state index is 0.237. The molecule has 2 saturated heterocycles. The van der Waals surface area contributed by atoms with Gasteiger partial charge in [0.2, 0.25) is 5.91 Å². The lowest BCUT2D eigenvalue weighted by Crippen LogP contribution is -2.62. The number of amides is 2. The number of halogens is 1. The number of nitrogens with zero attached hydrogens (tertiary/aromatic N) is 3. The SMILES string of the molecule is COc1ccc(CN2C(=O)[C@]3(SC2=S)[C@@H](c2ccco2)CN(C)[C@]32C(=O)N(C)c3ccc(F)cc32)cc1. The third kappa shape index (κ3) is 3.06. The molecule has 10 heteroatoms. The zero-order chi connectivity index (χ0) is 26.1. The van der Waals surface area contributed by atoms with E-state index in [0.717, 1.165) is 5.56 Å². The number of anilines is 1. The number of fused-ring (bicyclic) bond motifs is 3. The molecule has 0 saturated carbocycles. The van der Waals surface area contributed by atoms with Crippen LogP contribution in [0.3, 0.4) is 0 Å². The van der Waals surface area contributed by atoms with Crippen molar-refractivity contribution >= 4 is 45.8 Å². The van der Waals surface area contributed by atoms with E-state index in [1.165, 1.54) is 28.8 Å². The molecular formula is C27H24FN3O4S2. The number of thioether (sulfide) groups is 1. The van der Waals surface area contributed by atoms with Crippen LogP contribution in [-0.2, 0) is 21.7 Å². The van der Waals surface area contributed by atoms with E-state index >= 15 is 0 Å². The highest BCUT2D eigenvalue weighted by Gasteiger charge is 2.79. The van der Waals surface area contributed by atoms with Crippen molar-refractivity contribution in [3.05, 3.63) is 83.6 Å². The first-order valence-corrected chi connectivity index (χ1v) is 13.0. The number of likely N-dealkylation sites (tertiary alicyclic amines) is 1. The topological polar surface area (TPSA) is 66.2 Å². The van der Waals surface area contributed by atoms with Crippen LogP contribution < -0.4 is 9.64 Å². The third-order valence-electron chi connectivity index (χ3n) is 7.80. The normalized spacial score (nSPS) is 27.2. The molecule has 2 amide bonds. The third-order valence-corrected chi connectivity index (χ3v) is 9.74. The molecule has 2 aromatic carbocycles. The molecule has 1 aromatic heterocycles. The Morgan fingerprint density at radius 3 is 2.57 bits per heavy atom. The number of rotatable bonds is 4. The Bertz CT molecular complexity index is 1430. The lowest BCUT2D eigenvalue weighted by atomic mass is 9.73. The van der Waals surface area contributed by atoms with Gasteiger partial charge in [0.25, 0.3) is 5.91 Å². The molecule has 3 atom stereocenters. The van der Waals surface area contributed by atoms with Crippen molar-refractivity contribution in [2.45, 2.75) is 22.7 Å². The van der Waals surface area contributed by atoms with E-state index in [1.807, 2.05) is 35.2 Å². The second kappa shape index (κ2) is 8.41. The quantitative estimate of drug-likeness (QED) is 0.464. The Balaban J connectivity index is 1.55. The van der Waals surface area contributed by atoms with Crippen molar-refractivity contribution < 1.29 is 23.1 Å². The van der Waals surface area contributed by atoms with Gasteiger partial charge in [-0.2, -0.15) is 0 Å². The summed E-state index contributed by atoms with van der Waals surface area (Å²) in [6.45, 7) is 0.585. The van der Waals surface area contributed by atoms with Crippen LogP contribution >= 0.6 is 24.0 Å². The van der Waals surface area contributed by atoms with Gasteiger partial charge in [0.1, 0.15) is 26.4 Å². The summed E-state index contributed by atoms with van der Waals surface area (Å²) in [7, 11) is 5.06. The van der Waals surface area contributed by atoms with E-state index in [-0.39, 0.29) is 18.4 Å². The van der Waals surface area contributed by atoms with Crippen LogP contribution in [0, 0.1) is 5.82 Å². The van der Waals surface area contributed by atoms with Gasteiger partial charge in [-0.3, -0.25) is 19.4 Å². The predicted molar refractivity (Wildman–Crippen MR) is 142 cm³/mol. The van der Waals surface area contributed by atoms with Crippen LogP contribution in [-0.4, -0.2) is 58.4 Å². The lowest BCUT2D eigenvalue weighted by molar-refractivity contribution is -0.139. The predicted octanol–water partition coefficient (Wildman–Crippen LogP) is 4.13. The molecule has 7 nitrogen and oxygen atoms in total. The van der Waals surface area contributed by atoms with Gasteiger partial charge in [0, 0.05) is 24.8 Å². The van der Waals surface area contributed by atoms with Crippen molar-refractivity contribution in [1.82, 2.24) is 9.80 Å². The van der Waals surface area contributed by atoms with Gasteiger partial charge in [-0.05, 0) is 55.1 Å². The van der Waals surface area contributed by atoms with Crippen molar-refractivity contribution in [2.24, 2.45) is 0 Å². The number of thiocarbonyl (C=S) groups is 1. The highest BCUT2D eigenvalue weighted by atomic mass is 32.2. The van der Waals surface area contributed by atoms with Crippen LogP contribution in [0.15, 0.2) is 65.3 Å². The average molecular weight is 538 g/mol. The number of likely N-dealkylation sites (N-methyl/N-ethyl adjacent to an activating group) is 2. The van der Waals surface area contributed by atoms with Crippen LogP contribution in [0.2, 0.25) is 0 Å². The molecule has 0 radical (unpaired) electrons. The maximum absolute atomic E-state index is 14.7. The molecular weight excluding hydrogens is 513 g/mol. The molecule has 4 heterocycles. The summed E-state index contributed by atoms with van der Waals surface area (Å²) in [5, 5.41) is 0. The fourth-order valence-corrected chi connectivity index (χ4v) is 8.27. The number of carbonyl (C=O) groups excluding carboxylic acids is 2. The van der Waals surface area contributed by atoms with E-state index in [0.29, 0.717) is 33.6 Å². The van der Waals surface area contributed by atoms with Crippen LogP contribution in [0.25, 0.3) is 0 Å². The van der Waals surface area contributed by atoms with Crippen molar-refractivity contribution in [3.63, 3.8) is 0 Å². The number of furan rings is 1. The van der Waals surface area contributed by atoms with Gasteiger partial charge in [0.05, 0.1) is 25.8 Å². The number of hydrogen-bond donors (Lipinski definition) is 0. The summed E-state index contributed by atoms with van der Waals surface area (Å²) in [5.41, 5.74) is 0.430. The molecule has 0 aliphatic carbocycles. The molecule has 6 rings (SSSR count). The van der Waals surface area contributed by atoms with Crippen molar-refractivity contribution in [3.8, 4) is 5.75 Å². The average Bonchev–Trinajstić information content (AvgIpc) is 3.61. The summed E-state index contributed by atoms with van der Waals surface area (Å²) in [4.78, 5) is 33.9. The van der Waals surface area contributed by atoms with Gasteiger partial charge in [-0.25, -0.2) is 4.39 Å². The van der Waals surface area contributed by atoms with Crippen LogP contribution in [0.1, 0.15) is 22.8 Å². The number of hydrogen-bond acceptors (Lipinski definition) is 7.